The summed E-state index contributed by atoms with van der Waals surface area (Å²) in [6.45, 7) is 6.13. The smallest absolute Gasteiger partial charge is 0.253 e. The number of hydrogen-bond acceptors (Lipinski definition) is 2. The standard InChI is InChI=1S/C13H18ClNO2/c1-4-12(8(2)3)15-13(17)10-7-9(16)5-6-11(10)14/h5-8,12,16H,4H2,1-3H3,(H,15,17). The van der Waals surface area contributed by atoms with Gasteiger partial charge in [-0.3, -0.25) is 4.79 Å². The Morgan fingerprint density at radius 2 is 2.12 bits per heavy atom. The minimum atomic E-state index is -0.244. The third kappa shape index (κ3) is 3.63. The predicted octanol–water partition coefficient (Wildman–Crippen LogP) is 3.21. The van der Waals surface area contributed by atoms with E-state index in [9.17, 15) is 9.90 Å². The number of nitrogens with one attached hydrogen (secondary N) is 1. The molecule has 0 bridgehead atoms. The van der Waals surface area contributed by atoms with E-state index in [1.54, 1.807) is 0 Å². The van der Waals surface area contributed by atoms with Gasteiger partial charge in [0.25, 0.3) is 5.91 Å². The normalized spacial score (nSPS) is 12.5. The molecule has 1 aromatic carbocycles. The van der Waals surface area contributed by atoms with E-state index in [4.69, 9.17) is 11.6 Å². The van der Waals surface area contributed by atoms with Crippen LogP contribution in [-0.2, 0) is 0 Å². The monoisotopic (exact) mass is 255 g/mol. The first-order valence-electron chi connectivity index (χ1n) is 5.75. The van der Waals surface area contributed by atoms with Crippen molar-refractivity contribution in [1.82, 2.24) is 5.32 Å². The van der Waals surface area contributed by atoms with Crippen LogP contribution in [0, 0.1) is 5.92 Å². The summed E-state index contributed by atoms with van der Waals surface area (Å²) < 4.78 is 0. The average Bonchev–Trinajstić information content (AvgIpc) is 2.28. The lowest BCUT2D eigenvalue weighted by molar-refractivity contribution is 0.0924. The molecule has 0 saturated heterocycles. The first kappa shape index (κ1) is 13.8. The largest absolute Gasteiger partial charge is 0.508 e. The second-order valence-corrected chi connectivity index (χ2v) is 4.80. The molecule has 0 aromatic heterocycles. The van der Waals surface area contributed by atoms with Crippen molar-refractivity contribution in [3.05, 3.63) is 28.8 Å². The van der Waals surface area contributed by atoms with Crippen LogP contribution in [0.1, 0.15) is 37.6 Å². The van der Waals surface area contributed by atoms with Gasteiger partial charge in [-0.25, -0.2) is 0 Å². The number of phenolic OH excluding ortho intramolecular Hbond substituents is 1. The summed E-state index contributed by atoms with van der Waals surface area (Å²) in [5.41, 5.74) is 0.311. The molecule has 3 nitrogen and oxygen atoms in total. The zero-order valence-electron chi connectivity index (χ0n) is 10.3. The second-order valence-electron chi connectivity index (χ2n) is 4.40. The van der Waals surface area contributed by atoms with Gasteiger partial charge in [0.1, 0.15) is 5.75 Å². The molecule has 0 heterocycles. The highest BCUT2D eigenvalue weighted by atomic mass is 35.5. The average molecular weight is 256 g/mol. The molecule has 1 rings (SSSR count). The molecule has 0 aliphatic rings. The maximum absolute atomic E-state index is 12.0. The highest BCUT2D eigenvalue weighted by molar-refractivity contribution is 6.33. The minimum absolute atomic E-state index is 0.0390. The van der Waals surface area contributed by atoms with E-state index in [-0.39, 0.29) is 17.7 Å². The SMILES string of the molecule is CCC(NC(=O)c1cc(O)ccc1Cl)C(C)C. The Morgan fingerprint density at radius 1 is 1.47 bits per heavy atom. The van der Waals surface area contributed by atoms with Gasteiger partial charge in [-0.15, -0.1) is 0 Å². The lowest BCUT2D eigenvalue weighted by Gasteiger charge is -2.21. The Balaban J connectivity index is 2.86. The molecule has 0 aliphatic heterocycles. The predicted molar refractivity (Wildman–Crippen MR) is 69.5 cm³/mol. The molecule has 17 heavy (non-hydrogen) atoms. The van der Waals surface area contributed by atoms with Gasteiger partial charge >= 0.3 is 0 Å². The van der Waals surface area contributed by atoms with Crippen LogP contribution < -0.4 is 5.32 Å². The number of phenols is 1. The van der Waals surface area contributed by atoms with E-state index < -0.39 is 0 Å². The van der Waals surface area contributed by atoms with Crippen LogP contribution in [0.4, 0.5) is 0 Å². The topological polar surface area (TPSA) is 49.3 Å². The molecule has 1 unspecified atom stereocenters. The molecular formula is C13H18ClNO2. The number of halogens is 1. The number of hydrogen-bond donors (Lipinski definition) is 2. The van der Waals surface area contributed by atoms with E-state index in [1.165, 1.54) is 18.2 Å². The molecule has 0 radical (unpaired) electrons. The minimum Gasteiger partial charge on any atom is -0.508 e. The summed E-state index contributed by atoms with van der Waals surface area (Å²) in [4.78, 5) is 12.0. The van der Waals surface area contributed by atoms with Crippen LogP contribution >= 0.6 is 11.6 Å². The van der Waals surface area contributed by atoms with Gasteiger partial charge in [0, 0.05) is 6.04 Å². The summed E-state index contributed by atoms with van der Waals surface area (Å²) in [5.74, 6) is 0.156. The molecule has 0 spiro atoms. The molecule has 0 saturated carbocycles. The molecule has 0 fully saturated rings. The maximum atomic E-state index is 12.0. The van der Waals surface area contributed by atoms with Crippen LogP contribution in [0.15, 0.2) is 18.2 Å². The molecule has 4 heteroatoms. The number of carbonyl (C=O) groups is 1. The van der Waals surface area contributed by atoms with E-state index in [0.717, 1.165) is 6.42 Å². The first-order valence-corrected chi connectivity index (χ1v) is 6.12. The fourth-order valence-corrected chi connectivity index (χ4v) is 1.88. The third-order valence-corrected chi connectivity index (χ3v) is 3.09. The number of carbonyl (C=O) groups excluding carboxylic acids is 1. The van der Waals surface area contributed by atoms with Crippen molar-refractivity contribution in [1.29, 1.82) is 0 Å². The third-order valence-electron chi connectivity index (χ3n) is 2.76. The quantitative estimate of drug-likeness (QED) is 0.868. The van der Waals surface area contributed by atoms with Gasteiger partial charge in [0.05, 0.1) is 10.6 Å². The van der Waals surface area contributed by atoms with Crippen LogP contribution in [-0.4, -0.2) is 17.1 Å². The van der Waals surface area contributed by atoms with Crippen molar-refractivity contribution in [2.24, 2.45) is 5.92 Å². The second kappa shape index (κ2) is 5.92. The van der Waals surface area contributed by atoms with Crippen LogP contribution in [0.25, 0.3) is 0 Å². The van der Waals surface area contributed by atoms with Gasteiger partial charge < -0.3 is 10.4 Å². The van der Waals surface area contributed by atoms with Crippen molar-refractivity contribution < 1.29 is 9.90 Å². The molecule has 1 atom stereocenters. The van der Waals surface area contributed by atoms with E-state index in [0.29, 0.717) is 16.5 Å². The van der Waals surface area contributed by atoms with Crippen molar-refractivity contribution in [3.8, 4) is 5.75 Å². The molecular weight excluding hydrogens is 238 g/mol. The first-order chi connectivity index (χ1) is 7.95. The molecule has 1 amide bonds. The lowest BCUT2D eigenvalue weighted by atomic mass is 10.0. The number of rotatable bonds is 4. The van der Waals surface area contributed by atoms with Gasteiger partial charge in [-0.2, -0.15) is 0 Å². The van der Waals surface area contributed by atoms with Crippen molar-refractivity contribution >= 4 is 17.5 Å². The van der Waals surface area contributed by atoms with Crippen molar-refractivity contribution in [2.75, 3.05) is 0 Å². The summed E-state index contributed by atoms with van der Waals surface area (Å²) in [7, 11) is 0. The Hall–Kier alpha value is -1.22. The van der Waals surface area contributed by atoms with E-state index in [1.807, 2.05) is 6.92 Å². The van der Waals surface area contributed by atoms with Gasteiger partial charge in [-0.1, -0.05) is 32.4 Å². The highest BCUT2D eigenvalue weighted by Crippen LogP contribution is 2.21. The maximum Gasteiger partial charge on any atom is 0.253 e. The molecule has 2 N–H and O–H groups in total. The summed E-state index contributed by atoms with van der Waals surface area (Å²) >= 11 is 5.93. The van der Waals surface area contributed by atoms with Crippen molar-refractivity contribution in [3.63, 3.8) is 0 Å². The van der Waals surface area contributed by atoms with Gasteiger partial charge in [-0.05, 0) is 30.5 Å². The van der Waals surface area contributed by atoms with Crippen LogP contribution in [0.2, 0.25) is 5.02 Å². The van der Waals surface area contributed by atoms with Crippen LogP contribution in [0.5, 0.6) is 5.75 Å². The molecule has 0 aliphatic carbocycles. The fourth-order valence-electron chi connectivity index (χ4n) is 1.67. The molecule has 94 valence electrons. The number of benzene rings is 1. The highest BCUT2D eigenvalue weighted by Gasteiger charge is 2.17. The summed E-state index contributed by atoms with van der Waals surface area (Å²) in [6, 6.07) is 4.46. The number of aromatic hydroxyl groups is 1. The van der Waals surface area contributed by atoms with Crippen molar-refractivity contribution in [2.45, 2.75) is 33.2 Å². The van der Waals surface area contributed by atoms with Gasteiger partial charge in [0.15, 0.2) is 0 Å². The Kier molecular flexibility index (Phi) is 4.82. The zero-order chi connectivity index (χ0) is 13.0. The summed E-state index contributed by atoms with van der Waals surface area (Å²) in [5, 5.41) is 12.6. The molecule has 1 aromatic rings. The van der Waals surface area contributed by atoms with E-state index in [2.05, 4.69) is 19.2 Å². The Labute approximate surface area is 107 Å². The Bertz CT molecular complexity index is 404. The summed E-state index contributed by atoms with van der Waals surface area (Å²) in [6.07, 6.45) is 0.861. The Morgan fingerprint density at radius 3 is 2.65 bits per heavy atom. The van der Waals surface area contributed by atoms with Gasteiger partial charge in [0.2, 0.25) is 0 Å². The fraction of sp³-hybridized carbons (Fsp3) is 0.462. The van der Waals surface area contributed by atoms with Crippen LogP contribution in [0.3, 0.4) is 0 Å². The van der Waals surface area contributed by atoms with E-state index >= 15 is 0 Å². The number of amides is 1. The lowest BCUT2D eigenvalue weighted by Crippen LogP contribution is -2.38. The zero-order valence-corrected chi connectivity index (χ0v) is 11.1.